The summed E-state index contributed by atoms with van der Waals surface area (Å²) in [5.74, 6) is 0.00148. The average Bonchev–Trinajstić information content (AvgIpc) is 2.84. The third-order valence-electron chi connectivity index (χ3n) is 3.81. The van der Waals surface area contributed by atoms with Gasteiger partial charge in [-0.3, -0.25) is 14.5 Å². The lowest BCUT2D eigenvalue weighted by molar-refractivity contribution is -0.140. The average molecular weight is 279 g/mol. The van der Waals surface area contributed by atoms with Crippen LogP contribution >= 0.6 is 11.6 Å². The SMILES string of the molecule is Cc1ccc(N2CC(=O)N3CCCC3C2=O)c(Cl)c1. The highest BCUT2D eigenvalue weighted by molar-refractivity contribution is 6.34. The van der Waals surface area contributed by atoms with Gasteiger partial charge in [-0.15, -0.1) is 0 Å². The van der Waals surface area contributed by atoms with E-state index in [0.717, 1.165) is 18.4 Å². The molecule has 1 unspecified atom stereocenters. The van der Waals surface area contributed by atoms with Crippen LogP contribution in [-0.2, 0) is 9.59 Å². The van der Waals surface area contributed by atoms with Crippen molar-refractivity contribution in [3.8, 4) is 0 Å². The van der Waals surface area contributed by atoms with Crippen molar-refractivity contribution in [2.75, 3.05) is 18.0 Å². The van der Waals surface area contributed by atoms with E-state index >= 15 is 0 Å². The van der Waals surface area contributed by atoms with Crippen LogP contribution in [0.3, 0.4) is 0 Å². The molecular weight excluding hydrogens is 264 g/mol. The molecule has 1 aromatic rings. The first-order valence-electron chi connectivity index (χ1n) is 6.45. The van der Waals surface area contributed by atoms with Crippen LogP contribution in [0, 0.1) is 6.92 Å². The van der Waals surface area contributed by atoms with Gasteiger partial charge in [-0.2, -0.15) is 0 Å². The normalized spacial score (nSPS) is 22.9. The molecule has 100 valence electrons. The minimum absolute atomic E-state index is 0.0112. The van der Waals surface area contributed by atoms with E-state index in [9.17, 15) is 9.59 Å². The molecule has 0 spiro atoms. The number of benzene rings is 1. The molecule has 0 radical (unpaired) electrons. The topological polar surface area (TPSA) is 40.6 Å². The molecule has 2 amide bonds. The Hall–Kier alpha value is -1.55. The summed E-state index contributed by atoms with van der Waals surface area (Å²) in [5.41, 5.74) is 1.67. The molecule has 2 heterocycles. The first-order chi connectivity index (χ1) is 9.08. The summed E-state index contributed by atoms with van der Waals surface area (Å²) in [4.78, 5) is 27.8. The van der Waals surface area contributed by atoms with Crippen LogP contribution in [0.15, 0.2) is 18.2 Å². The van der Waals surface area contributed by atoms with Crippen LogP contribution in [0.2, 0.25) is 5.02 Å². The summed E-state index contributed by atoms with van der Waals surface area (Å²) in [5, 5.41) is 0.521. The molecule has 0 aliphatic carbocycles. The zero-order chi connectivity index (χ0) is 13.6. The van der Waals surface area contributed by atoms with E-state index in [4.69, 9.17) is 11.6 Å². The number of fused-ring (bicyclic) bond motifs is 1. The summed E-state index contributed by atoms with van der Waals surface area (Å²) in [7, 11) is 0. The van der Waals surface area contributed by atoms with Gasteiger partial charge in [0.15, 0.2) is 0 Å². The number of hydrogen-bond acceptors (Lipinski definition) is 2. The molecule has 3 rings (SSSR count). The Labute approximate surface area is 116 Å². The third kappa shape index (κ3) is 2.00. The highest BCUT2D eigenvalue weighted by Gasteiger charge is 2.42. The second kappa shape index (κ2) is 4.53. The van der Waals surface area contributed by atoms with Gasteiger partial charge in [0.2, 0.25) is 11.8 Å². The van der Waals surface area contributed by atoms with Crippen molar-refractivity contribution in [3.05, 3.63) is 28.8 Å². The van der Waals surface area contributed by atoms with Crippen molar-refractivity contribution in [3.63, 3.8) is 0 Å². The van der Waals surface area contributed by atoms with Gasteiger partial charge in [0.25, 0.3) is 0 Å². The summed E-state index contributed by atoms with van der Waals surface area (Å²) in [6, 6.07) is 5.24. The quantitative estimate of drug-likeness (QED) is 0.788. The van der Waals surface area contributed by atoms with Crippen molar-refractivity contribution >= 4 is 29.1 Å². The number of carbonyl (C=O) groups is 2. The molecule has 5 heteroatoms. The molecule has 1 aromatic carbocycles. The van der Waals surface area contributed by atoms with E-state index < -0.39 is 0 Å². The summed E-state index contributed by atoms with van der Waals surface area (Å²) in [6.45, 7) is 2.74. The number of anilines is 1. The second-order valence-corrected chi connectivity index (χ2v) is 5.53. The van der Waals surface area contributed by atoms with Crippen LogP contribution < -0.4 is 4.90 Å². The van der Waals surface area contributed by atoms with Crippen LogP contribution in [0.1, 0.15) is 18.4 Å². The van der Waals surface area contributed by atoms with Crippen molar-refractivity contribution in [1.29, 1.82) is 0 Å². The highest BCUT2D eigenvalue weighted by atomic mass is 35.5. The minimum Gasteiger partial charge on any atom is -0.329 e. The third-order valence-corrected chi connectivity index (χ3v) is 4.11. The summed E-state index contributed by atoms with van der Waals surface area (Å²) in [6.07, 6.45) is 1.65. The number of piperazine rings is 1. The van der Waals surface area contributed by atoms with Crippen molar-refractivity contribution in [2.45, 2.75) is 25.8 Å². The van der Waals surface area contributed by atoms with Gasteiger partial charge in [-0.25, -0.2) is 0 Å². The van der Waals surface area contributed by atoms with E-state index in [0.29, 0.717) is 17.3 Å². The first kappa shape index (κ1) is 12.5. The monoisotopic (exact) mass is 278 g/mol. The molecule has 1 atom stereocenters. The van der Waals surface area contributed by atoms with Crippen LogP contribution in [0.25, 0.3) is 0 Å². The molecular formula is C14H15ClN2O2. The van der Waals surface area contributed by atoms with E-state index in [1.165, 1.54) is 4.90 Å². The van der Waals surface area contributed by atoms with Gasteiger partial charge in [-0.1, -0.05) is 17.7 Å². The predicted octanol–water partition coefficient (Wildman–Crippen LogP) is 1.99. The maximum absolute atomic E-state index is 12.5. The number of amides is 2. The van der Waals surface area contributed by atoms with Crippen molar-refractivity contribution in [1.82, 2.24) is 4.90 Å². The molecule has 0 saturated carbocycles. The minimum atomic E-state index is -0.293. The molecule has 19 heavy (non-hydrogen) atoms. The number of rotatable bonds is 1. The lowest BCUT2D eigenvalue weighted by Gasteiger charge is -2.36. The Balaban J connectivity index is 1.96. The number of halogens is 1. The van der Waals surface area contributed by atoms with Crippen LogP contribution in [0.4, 0.5) is 5.69 Å². The fourth-order valence-corrected chi connectivity index (χ4v) is 3.18. The zero-order valence-corrected chi connectivity index (χ0v) is 11.5. The molecule has 4 nitrogen and oxygen atoms in total. The van der Waals surface area contributed by atoms with E-state index in [2.05, 4.69) is 0 Å². The second-order valence-electron chi connectivity index (χ2n) is 5.12. The van der Waals surface area contributed by atoms with Gasteiger partial charge >= 0.3 is 0 Å². The predicted molar refractivity (Wildman–Crippen MR) is 73.3 cm³/mol. The van der Waals surface area contributed by atoms with Crippen LogP contribution in [0.5, 0.6) is 0 Å². The standard InChI is InChI=1S/C14H15ClN2O2/c1-9-4-5-11(10(15)7-9)17-8-13(18)16-6-2-3-12(16)14(17)19/h4-5,7,12H,2-3,6,8H2,1H3. The van der Waals surface area contributed by atoms with Gasteiger partial charge in [0.1, 0.15) is 12.6 Å². The summed E-state index contributed by atoms with van der Waals surface area (Å²) >= 11 is 6.20. The van der Waals surface area contributed by atoms with E-state index in [-0.39, 0.29) is 24.4 Å². The Morgan fingerprint density at radius 2 is 2.11 bits per heavy atom. The molecule has 2 aliphatic rings. The number of hydrogen-bond donors (Lipinski definition) is 0. The molecule has 0 aromatic heterocycles. The van der Waals surface area contributed by atoms with Gasteiger partial charge in [0.05, 0.1) is 10.7 Å². The molecule has 0 bridgehead atoms. The van der Waals surface area contributed by atoms with Gasteiger partial charge < -0.3 is 4.90 Å². The maximum atomic E-state index is 12.5. The highest BCUT2D eigenvalue weighted by Crippen LogP contribution is 2.32. The maximum Gasteiger partial charge on any atom is 0.250 e. The van der Waals surface area contributed by atoms with Crippen molar-refractivity contribution < 1.29 is 9.59 Å². The Bertz CT molecular complexity index is 558. The van der Waals surface area contributed by atoms with Crippen LogP contribution in [-0.4, -0.2) is 35.8 Å². The lowest BCUT2D eigenvalue weighted by atomic mass is 10.1. The summed E-state index contributed by atoms with van der Waals surface area (Å²) < 4.78 is 0. The van der Waals surface area contributed by atoms with Gasteiger partial charge in [0, 0.05) is 6.54 Å². The van der Waals surface area contributed by atoms with Gasteiger partial charge in [-0.05, 0) is 37.5 Å². The molecule has 2 saturated heterocycles. The Morgan fingerprint density at radius 3 is 2.84 bits per heavy atom. The largest absolute Gasteiger partial charge is 0.329 e. The number of nitrogens with zero attached hydrogens (tertiary/aromatic N) is 2. The number of carbonyl (C=O) groups excluding carboxylic acids is 2. The molecule has 2 aliphatic heterocycles. The molecule has 0 N–H and O–H groups in total. The Morgan fingerprint density at radius 1 is 1.32 bits per heavy atom. The first-order valence-corrected chi connectivity index (χ1v) is 6.83. The smallest absolute Gasteiger partial charge is 0.250 e. The van der Waals surface area contributed by atoms with E-state index in [1.54, 1.807) is 4.90 Å². The fraction of sp³-hybridized carbons (Fsp3) is 0.429. The van der Waals surface area contributed by atoms with Crippen molar-refractivity contribution in [2.24, 2.45) is 0 Å². The van der Waals surface area contributed by atoms with E-state index in [1.807, 2.05) is 25.1 Å². The zero-order valence-electron chi connectivity index (χ0n) is 10.7. The lowest BCUT2D eigenvalue weighted by Crippen LogP contribution is -2.57. The number of aryl methyl sites for hydroxylation is 1. The Kier molecular flexibility index (Phi) is 2.97. The fourth-order valence-electron chi connectivity index (χ4n) is 2.84. The molecule has 2 fully saturated rings.